The lowest BCUT2D eigenvalue weighted by Crippen LogP contribution is -2.46. The monoisotopic (exact) mass is 252 g/mol. The van der Waals surface area contributed by atoms with Crippen molar-refractivity contribution >= 4 is 11.3 Å². The van der Waals surface area contributed by atoms with Crippen LogP contribution in [0.5, 0.6) is 0 Å². The molecule has 1 aliphatic heterocycles. The average Bonchev–Trinajstić information content (AvgIpc) is 2.57. The summed E-state index contributed by atoms with van der Waals surface area (Å²) in [5.41, 5.74) is 7.54. The summed E-state index contributed by atoms with van der Waals surface area (Å²) in [5.74, 6) is 0. The van der Waals surface area contributed by atoms with Gasteiger partial charge in [-0.2, -0.15) is 0 Å². The van der Waals surface area contributed by atoms with Gasteiger partial charge in [0.05, 0.1) is 0 Å². The summed E-state index contributed by atoms with van der Waals surface area (Å²) in [4.78, 5) is 5.50. The van der Waals surface area contributed by atoms with Crippen molar-refractivity contribution in [3.05, 3.63) is 21.4 Å². The molecule has 2 N–H and O–H groups in total. The van der Waals surface area contributed by atoms with Gasteiger partial charge < -0.3 is 5.73 Å². The molecule has 2 nitrogen and oxygen atoms in total. The highest BCUT2D eigenvalue weighted by Crippen LogP contribution is 2.33. The molecule has 1 saturated heterocycles. The number of nitrogens with zero attached hydrogens (tertiary/aromatic N) is 1. The minimum Gasteiger partial charge on any atom is -0.328 e. The predicted molar refractivity (Wildman–Crippen MR) is 75.6 cm³/mol. The van der Waals surface area contributed by atoms with Crippen molar-refractivity contribution in [1.82, 2.24) is 4.90 Å². The van der Waals surface area contributed by atoms with E-state index in [4.69, 9.17) is 5.73 Å². The Balaban J connectivity index is 2.14. The average molecular weight is 252 g/mol. The van der Waals surface area contributed by atoms with Crippen molar-refractivity contribution in [3.63, 3.8) is 0 Å². The van der Waals surface area contributed by atoms with Gasteiger partial charge in [0.25, 0.3) is 0 Å². The van der Waals surface area contributed by atoms with Crippen LogP contribution in [0.4, 0.5) is 0 Å². The Kier molecular flexibility index (Phi) is 3.91. The van der Waals surface area contributed by atoms with Crippen LogP contribution < -0.4 is 5.73 Å². The maximum atomic E-state index is 6.04. The lowest BCUT2D eigenvalue weighted by atomic mass is 9.95. The molecule has 3 heteroatoms. The smallest absolute Gasteiger partial charge is 0.0333 e. The lowest BCUT2D eigenvalue weighted by molar-refractivity contribution is 0.104. The Morgan fingerprint density at radius 1 is 1.47 bits per heavy atom. The van der Waals surface area contributed by atoms with Crippen LogP contribution in [-0.4, -0.2) is 23.5 Å². The van der Waals surface area contributed by atoms with Crippen molar-refractivity contribution in [1.29, 1.82) is 0 Å². The zero-order valence-corrected chi connectivity index (χ0v) is 12.2. The number of thiophene rings is 1. The number of hydrogen-bond acceptors (Lipinski definition) is 3. The Morgan fingerprint density at radius 2 is 2.18 bits per heavy atom. The minimum absolute atomic E-state index is 0.402. The first-order valence-corrected chi connectivity index (χ1v) is 7.39. The van der Waals surface area contributed by atoms with Gasteiger partial charge in [-0.3, -0.25) is 4.90 Å². The molecule has 0 amide bonds. The fourth-order valence-electron chi connectivity index (χ4n) is 3.05. The van der Waals surface area contributed by atoms with Gasteiger partial charge in [0.15, 0.2) is 0 Å². The van der Waals surface area contributed by atoms with E-state index in [1.807, 2.05) is 11.3 Å². The summed E-state index contributed by atoms with van der Waals surface area (Å²) in [7, 11) is 0. The van der Waals surface area contributed by atoms with E-state index in [1.54, 1.807) is 0 Å². The quantitative estimate of drug-likeness (QED) is 0.875. The van der Waals surface area contributed by atoms with E-state index < -0.39 is 0 Å². The Hall–Kier alpha value is -0.380. The van der Waals surface area contributed by atoms with Crippen molar-refractivity contribution in [2.24, 2.45) is 5.73 Å². The number of piperidine rings is 1. The van der Waals surface area contributed by atoms with Crippen molar-refractivity contribution in [3.8, 4) is 0 Å². The third-order valence-corrected chi connectivity index (χ3v) is 4.98. The van der Waals surface area contributed by atoms with Gasteiger partial charge in [0.2, 0.25) is 0 Å². The first-order chi connectivity index (χ1) is 7.99. The van der Waals surface area contributed by atoms with E-state index in [0.717, 1.165) is 19.4 Å². The van der Waals surface area contributed by atoms with E-state index in [2.05, 4.69) is 38.7 Å². The van der Waals surface area contributed by atoms with E-state index in [9.17, 15) is 0 Å². The summed E-state index contributed by atoms with van der Waals surface area (Å²) in [5, 5.41) is 0. The molecule has 2 rings (SSSR count). The minimum atomic E-state index is 0.402. The third kappa shape index (κ3) is 2.72. The molecular weight excluding hydrogens is 228 g/mol. The number of aryl methyl sites for hydroxylation is 2. The Morgan fingerprint density at radius 3 is 2.71 bits per heavy atom. The second-order valence-electron chi connectivity index (χ2n) is 5.42. The summed E-state index contributed by atoms with van der Waals surface area (Å²) >= 11 is 1.91. The van der Waals surface area contributed by atoms with E-state index in [0.29, 0.717) is 18.1 Å². The molecule has 0 radical (unpaired) electrons. The van der Waals surface area contributed by atoms with Crippen LogP contribution in [0.15, 0.2) is 6.07 Å². The highest BCUT2D eigenvalue weighted by atomic mass is 32.1. The molecule has 3 unspecified atom stereocenters. The SMILES string of the molecule is Cc1cc(C(C)N2CCC(N)CC2C)c(C)s1. The summed E-state index contributed by atoms with van der Waals surface area (Å²) in [6.07, 6.45) is 2.27. The molecule has 0 saturated carbocycles. The second kappa shape index (κ2) is 5.09. The maximum Gasteiger partial charge on any atom is 0.0333 e. The highest BCUT2D eigenvalue weighted by molar-refractivity contribution is 7.12. The molecule has 0 spiro atoms. The fraction of sp³-hybridized carbons (Fsp3) is 0.714. The largest absolute Gasteiger partial charge is 0.328 e. The third-order valence-electron chi connectivity index (χ3n) is 4.00. The molecular formula is C14H24N2S. The van der Waals surface area contributed by atoms with Gasteiger partial charge >= 0.3 is 0 Å². The molecule has 1 fully saturated rings. The lowest BCUT2D eigenvalue weighted by Gasteiger charge is -2.40. The first kappa shape index (κ1) is 13.1. The molecule has 0 bridgehead atoms. The van der Waals surface area contributed by atoms with Crippen molar-refractivity contribution < 1.29 is 0 Å². The van der Waals surface area contributed by atoms with Gasteiger partial charge in [-0.25, -0.2) is 0 Å². The van der Waals surface area contributed by atoms with Crippen molar-refractivity contribution in [2.75, 3.05) is 6.54 Å². The molecule has 0 aromatic carbocycles. The molecule has 0 aliphatic carbocycles. The molecule has 1 aromatic rings. The maximum absolute atomic E-state index is 6.04. The second-order valence-corrected chi connectivity index (χ2v) is 6.88. The first-order valence-electron chi connectivity index (χ1n) is 6.57. The molecule has 96 valence electrons. The molecule has 3 atom stereocenters. The van der Waals surface area contributed by atoms with Crippen LogP contribution in [0.25, 0.3) is 0 Å². The topological polar surface area (TPSA) is 29.3 Å². The molecule has 2 heterocycles. The molecule has 17 heavy (non-hydrogen) atoms. The Labute approximate surface area is 109 Å². The predicted octanol–water partition coefficient (Wildman–Crippen LogP) is 3.24. The van der Waals surface area contributed by atoms with Crippen LogP contribution in [0, 0.1) is 13.8 Å². The summed E-state index contributed by atoms with van der Waals surface area (Å²) in [6, 6.07) is 3.89. The number of rotatable bonds is 2. The van der Waals surface area contributed by atoms with Crippen LogP contribution in [-0.2, 0) is 0 Å². The summed E-state index contributed by atoms with van der Waals surface area (Å²) in [6.45, 7) is 10.2. The number of likely N-dealkylation sites (tertiary alicyclic amines) is 1. The van der Waals surface area contributed by atoms with Crippen molar-refractivity contribution in [2.45, 2.75) is 58.7 Å². The van der Waals surface area contributed by atoms with Crippen LogP contribution in [0.3, 0.4) is 0 Å². The van der Waals surface area contributed by atoms with Crippen LogP contribution in [0.2, 0.25) is 0 Å². The van der Waals surface area contributed by atoms with Crippen LogP contribution in [0.1, 0.15) is 48.0 Å². The highest BCUT2D eigenvalue weighted by Gasteiger charge is 2.28. The van der Waals surface area contributed by atoms with Gasteiger partial charge in [-0.15, -0.1) is 11.3 Å². The van der Waals surface area contributed by atoms with E-state index in [1.165, 1.54) is 15.3 Å². The number of hydrogen-bond donors (Lipinski definition) is 1. The summed E-state index contributed by atoms with van der Waals surface area (Å²) < 4.78 is 0. The van der Waals surface area contributed by atoms with Gasteiger partial charge in [0, 0.05) is 34.4 Å². The molecule has 1 aliphatic rings. The van der Waals surface area contributed by atoms with Gasteiger partial charge in [-0.1, -0.05) is 0 Å². The van der Waals surface area contributed by atoms with E-state index >= 15 is 0 Å². The van der Waals surface area contributed by atoms with Gasteiger partial charge in [0.1, 0.15) is 0 Å². The fourth-order valence-corrected chi connectivity index (χ4v) is 4.06. The standard InChI is InChI=1S/C14H24N2S/c1-9-7-13(15)5-6-16(9)11(3)14-8-10(2)17-12(14)4/h8-9,11,13H,5-7,15H2,1-4H3. The number of nitrogens with two attached hydrogens (primary N) is 1. The van der Waals surface area contributed by atoms with E-state index in [-0.39, 0.29) is 0 Å². The normalized spacial score (nSPS) is 28.3. The molecule has 1 aromatic heterocycles. The van der Waals surface area contributed by atoms with Crippen LogP contribution >= 0.6 is 11.3 Å². The van der Waals surface area contributed by atoms with Gasteiger partial charge in [-0.05, 0) is 52.2 Å². The zero-order valence-electron chi connectivity index (χ0n) is 11.4. The zero-order chi connectivity index (χ0) is 12.6. The Bertz CT molecular complexity index is 386.